The van der Waals surface area contributed by atoms with Crippen LogP contribution in [0.2, 0.25) is 0 Å². The number of carbonyl (C=O) groups excluding carboxylic acids is 1. The van der Waals surface area contributed by atoms with Gasteiger partial charge in [0.15, 0.2) is 5.82 Å². The number of nitrogens with zero attached hydrogens (tertiary/aromatic N) is 2. The molecule has 0 radical (unpaired) electrons. The molecule has 1 aliphatic rings. The van der Waals surface area contributed by atoms with Crippen molar-refractivity contribution in [2.45, 2.75) is 38.5 Å². The number of H-pyrrole nitrogens is 1. The highest BCUT2D eigenvalue weighted by atomic mass is 16.5. The summed E-state index contributed by atoms with van der Waals surface area (Å²) in [6.45, 7) is 5.74. The number of anilines is 1. The van der Waals surface area contributed by atoms with Crippen molar-refractivity contribution in [2.24, 2.45) is 0 Å². The molecule has 3 rings (SSSR count). The number of rotatable bonds is 4. The number of amides is 1. The van der Waals surface area contributed by atoms with Crippen molar-refractivity contribution in [3.63, 3.8) is 0 Å². The largest absolute Gasteiger partial charge is 0.381 e. The van der Waals surface area contributed by atoms with Crippen molar-refractivity contribution in [1.82, 2.24) is 15.2 Å². The molecule has 1 saturated heterocycles. The molecule has 2 aromatic rings. The molecule has 2 N–H and O–H groups in total. The Morgan fingerprint density at radius 2 is 2.13 bits per heavy atom. The number of pyridine rings is 1. The molecule has 0 saturated carbocycles. The number of hydrogen-bond donors (Lipinski definition) is 2. The fourth-order valence-corrected chi connectivity index (χ4v) is 2.68. The monoisotopic (exact) mass is 314 g/mol. The number of carbonyl (C=O) groups is 1. The number of ether oxygens (including phenoxy) is 1. The topological polar surface area (TPSA) is 79.9 Å². The van der Waals surface area contributed by atoms with Crippen LogP contribution in [0.3, 0.4) is 0 Å². The van der Waals surface area contributed by atoms with Gasteiger partial charge in [0.2, 0.25) is 0 Å². The molecular formula is C17H22N4O2. The van der Waals surface area contributed by atoms with Crippen LogP contribution < -0.4 is 5.32 Å². The smallest absolute Gasteiger partial charge is 0.275 e. The van der Waals surface area contributed by atoms with Gasteiger partial charge in [-0.15, -0.1) is 0 Å². The summed E-state index contributed by atoms with van der Waals surface area (Å²) in [5.74, 6) is 1.11. The lowest BCUT2D eigenvalue weighted by Crippen LogP contribution is -2.14. The minimum atomic E-state index is -0.245. The summed E-state index contributed by atoms with van der Waals surface area (Å²) in [6, 6.07) is 5.58. The summed E-state index contributed by atoms with van der Waals surface area (Å²) < 4.78 is 5.36. The lowest BCUT2D eigenvalue weighted by molar-refractivity contribution is 0.0845. The molecule has 6 heteroatoms. The first kappa shape index (κ1) is 15.7. The van der Waals surface area contributed by atoms with Crippen LogP contribution in [0.4, 0.5) is 5.82 Å². The molecule has 3 heterocycles. The van der Waals surface area contributed by atoms with Crippen LogP contribution in [0, 0.1) is 0 Å². The highest BCUT2D eigenvalue weighted by Gasteiger charge is 2.19. The highest BCUT2D eigenvalue weighted by Crippen LogP contribution is 2.26. The van der Waals surface area contributed by atoms with Crippen molar-refractivity contribution in [2.75, 3.05) is 18.5 Å². The van der Waals surface area contributed by atoms with E-state index in [0.717, 1.165) is 37.3 Å². The Balaban J connectivity index is 1.64. The molecule has 0 unspecified atom stereocenters. The standard InChI is InChI=1S/C17H22N4O2/c1-11(2)13-3-4-14(18-10-13)17(22)19-16-9-15(20-21-16)12-5-7-23-8-6-12/h3-4,9-12H,5-8H2,1-2H3,(H2,19,20,21,22). The maximum atomic E-state index is 12.2. The number of aromatic amines is 1. The second kappa shape index (κ2) is 6.91. The van der Waals surface area contributed by atoms with Gasteiger partial charge in [0.25, 0.3) is 5.91 Å². The Morgan fingerprint density at radius 3 is 2.78 bits per heavy atom. The van der Waals surface area contributed by atoms with Crippen LogP contribution in [0.15, 0.2) is 24.4 Å². The van der Waals surface area contributed by atoms with Crippen molar-refractivity contribution in [3.8, 4) is 0 Å². The summed E-state index contributed by atoms with van der Waals surface area (Å²) >= 11 is 0. The first-order valence-electron chi connectivity index (χ1n) is 8.04. The number of nitrogens with one attached hydrogen (secondary N) is 2. The van der Waals surface area contributed by atoms with E-state index in [1.807, 2.05) is 12.1 Å². The quantitative estimate of drug-likeness (QED) is 0.909. The minimum Gasteiger partial charge on any atom is -0.381 e. The van der Waals surface area contributed by atoms with E-state index in [9.17, 15) is 4.79 Å². The normalized spacial score (nSPS) is 15.8. The Kier molecular flexibility index (Phi) is 4.71. The zero-order valence-corrected chi connectivity index (χ0v) is 13.5. The summed E-state index contributed by atoms with van der Waals surface area (Å²) in [7, 11) is 0. The van der Waals surface area contributed by atoms with Crippen LogP contribution in [0.25, 0.3) is 0 Å². The van der Waals surface area contributed by atoms with Crippen molar-refractivity contribution < 1.29 is 9.53 Å². The van der Waals surface area contributed by atoms with Crippen LogP contribution in [-0.2, 0) is 4.74 Å². The zero-order chi connectivity index (χ0) is 16.2. The van der Waals surface area contributed by atoms with Crippen molar-refractivity contribution >= 4 is 11.7 Å². The number of aromatic nitrogens is 3. The van der Waals surface area contributed by atoms with E-state index in [-0.39, 0.29) is 5.91 Å². The molecule has 23 heavy (non-hydrogen) atoms. The maximum Gasteiger partial charge on any atom is 0.275 e. The summed E-state index contributed by atoms with van der Waals surface area (Å²) in [5.41, 5.74) is 2.56. The van der Waals surface area contributed by atoms with Crippen LogP contribution in [0.1, 0.15) is 60.3 Å². The summed E-state index contributed by atoms with van der Waals surface area (Å²) in [6.07, 6.45) is 3.71. The molecular weight excluding hydrogens is 292 g/mol. The Labute approximate surface area is 135 Å². The third kappa shape index (κ3) is 3.76. The molecule has 0 spiro atoms. The first-order chi connectivity index (χ1) is 11.1. The average Bonchev–Trinajstić information content (AvgIpc) is 3.04. The molecule has 2 aromatic heterocycles. The van der Waals surface area contributed by atoms with Crippen molar-refractivity contribution in [1.29, 1.82) is 0 Å². The second-order valence-corrected chi connectivity index (χ2v) is 6.18. The second-order valence-electron chi connectivity index (χ2n) is 6.18. The van der Waals surface area contributed by atoms with E-state index < -0.39 is 0 Å². The van der Waals surface area contributed by atoms with Gasteiger partial charge in [-0.05, 0) is 30.4 Å². The molecule has 0 atom stereocenters. The predicted octanol–water partition coefficient (Wildman–Crippen LogP) is 3.07. The molecule has 6 nitrogen and oxygen atoms in total. The molecule has 122 valence electrons. The van der Waals surface area contributed by atoms with E-state index in [1.54, 1.807) is 12.3 Å². The fraction of sp³-hybridized carbons (Fsp3) is 0.471. The van der Waals surface area contributed by atoms with Gasteiger partial charge >= 0.3 is 0 Å². The van der Waals surface area contributed by atoms with Crippen LogP contribution >= 0.6 is 0 Å². The number of hydrogen-bond acceptors (Lipinski definition) is 4. The third-order valence-electron chi connectivity index (χ3n) is 4.19. The van der Waals surface area contributed by atoms with Gasteiger partial charge in [0.05, 0.1) is 0 Å². The lowest BCUT2D eigenvalue weighted by atomic mass is 9.97. The molecule has 1 amide bonds. The van der Waals surface area contributed by atoms with Gasteiger partial charge in [-0.1, -0.05) is 19.9 Å². The maximum absolute atomic E-state index is 12.2. The fourth-order valence-electron chi connectivity index (χ4n) is 2.68. The predicted molar refractivity (Wildman–Crippen MR) is 87.7 cm³/mol. The van der Waals surface area contributed by atoms with Crippen LogP contribution in [-0.4, -0.2) is 34.3 Å². The lowest BCUT2D eigenvalue weighted by Gasteiger charge is -2.20. The summed E-state index contributed by atoms with van der Waals surface area (Å²) in [5, 5.41) is 9.98. The molecule has 0 aromatic carbocycles. The molecule has 0 aliphatic carbocycles. The van der Waals surface area contributed by atoms with E-state index in [1.165, 1.54) is 0 Å². The van der Waals surface area contributed by atoms with Gasteiger partial charge < -0.3 is 10.1 Å². The van der Waals surface area contributed by atoms with Crippen molar-refractivity contribution in [3.05, 3.63) is 41.3 Å². The van der Waals surface area contributed by atoms with E-state index in [0.29, 0.717) is 23.3 Å². The minimum absolute atomic E-state index is 0.245. The van der Waals surface area contributed by atoms with E-state index in [2.05, 4.69) is 34.3 Å². The van der Waals surface area contributed by atoms with Gasteiger partial charge in [0.1, 0.15) is 5.69 Å². The Bertz CT molecular complexity index is 657. The summed E-state index contributed by atoms with van der Waals surface area (Å²) in [4.78, 5) is 16.5. The first-order valence-corrected chi connectivity index (χ1v) is 8.04. The Hall–Kier alpha value is -2.21. The highest BCUT2D eigenvalue weighted by molar-refractivity contribution is 6.02. The van der Waals surface area contributed by atoms with E-state index in [4.69, 9.17) is 4.74 Å². The van der Waals surface area contributed by atoms with E-state index >= 15 is 0 Å². The molecule has 1 aliphatic heterocycles. The van der Waals surface area contributed by atoms with Crippen LogP contribution in [0.5, 0.6) is 0 Å². The van der Waals surface area contributed by atoms with Gasteiger partial charge in [-0.3, -0.25) is 14.9 Å². The van der Waals surface area contributed by atoms with Gasteiger partial charge in [-0.2, -0.15) is 5.10 Å². The Morgan fingerprint density at radius 1 is 1.35 bits per heavy atom. The zero-order valence-electron chi connectivity index (χ0n) is 13.5. The average molecular weight is 314 g/mol. The molecule has 0 bridgehead atoms. The molecule has 1 fully saturated rings. The SMILES string of the molecule is CC(C)c1ccc(C(=O)Nc2cc(C3CCOCC3)[nH]n2)nc1. The third-order valence-corrected chi connectivity index (χ3v) is 4.19. The van der Waals surface area contributed by atoms with Gasteiger partial charge in [-0.25, -0.2) is 0 Å². The van der Waals surface area contributed by atoms with Gasteiger partial charge in [0, 0.05) is 37.1 Å².